The van der Waals surface area contributed by atoms with Gasteiger partial charge in [0.1, 0.15) is 11.6 Å². The highest BCUT2D eigenvalue weighted by Crippen LogP contribution is 2.21. The lowest BCUT2D eigenvalue weighted by molar-refractivity contribution is 0.0696. The van der Waals surface area contributed by atoms with Gasteiger partial charge in [-0.1, -0.05) is 30.6 Å². The topological polar surface area (TPSA) is 248 Å². The van der Waals surface area contributed by atoms with Crippen molar-refractivity contribution in [2.45, 2.75) is 61.1 Å². The first-order valence-corrected chi connectivity index (χ1v) is 20.3. The van der Waals surface area contributed by atoms with E-state index < -0.39 is 5.97 Å². The molecule has 0 radical (unpaired) electrons. The van der Waals surface area contributed by atoms with Gasteiger partial charge < -0.3 is 27.6 Å². The zero-order valence-corrected chi connectivity index (χ0v) is 36.4. The molecule has 0 saturated carbocycles. The molecular formula is C47H48Cl2N12O3. The van der Waals surface area contributed by atoms with Crippen molar-refractivity contribution in [2.24, 2.45) is 5.73 Å². The van der Waals surface area contributed by atoms with Crippen LogP contribution in [0.15, 0.2) is 97.8 Å². The molecule has 0 aliphatic rings. The van der Waals surface area contributed by atoms with E-state index in [9.17, 15) is 9.59 Å². The maximum atomic E-state index is 12.7. The lowest BCUT2D eigenvalue weighted by atomic mass is 10.1. The minimum Gasteiger partial charge on any atom is -0.478 e. The summed E-state index contributed by atoms with van der Waals surface area (Å²) in [5, 5.41) is 14.9. The summed E-state index contributed by atoms with van der Waals surface area (Å²) in [5.74, 6) is -0.107. The fraction of sp³-hybridized carbons (Fsp3) is 0.191. The second kappa shape index (κ2) is 21.7. The third kappa shape index (κ3) is 12.7. The Labute approximate surface area is 380 Å². The van der Waals surface area contributed by atoms with Crippen LogP contribution in [0.5, 0.6) is 0 Å². The normalized spacial score (nSPS) is 10.5. The van der Waals surface area contributed by atoms with E-state index in [4.69, 9.17) is 45.5 Å². The van der Waals surface area contributed by atoms with Gasteiger partial charge in [0.05, 0.1) is 39.0 Å². The maximum absolute atomic E-state index is 12.7. The summed E-state index contributed by atoms with van der Waals surface area (Å²) in [6, 6.07) is 17.6. The highest BCUT2D eigenvalue weighted by atomic mass is 35.5. The molecule has 8 N–H and O–H groups in total. The van der Waals surface area contributed by atoms with Gasteiger partial charge in [-0.2, -0.15) is 0 Å². The van der Waals surface area contributed by atoms with Gasteiger partial charge in [0.15, 0.2) is 0 Å². The number of rotatable bonds is 9. The molecule has 8 aromatic heterocycles. The summed E-state index contributed by atoms with van der Waals surface area (Å²) < 4.78 is 0. The minimum atomic E-state index is -0.971. The van der Waals surface area contributed by atoms with Crippen LogP contribution in [0, 0.1) is 27.7 Å². The van der Waals surface area contributed by atoms with Crippen molar-refractivity contribution in [3.05, 3.63) is 175 Å². The quantitative estimate of drug-likeness (QED) is 0.0918. The summed E-state index contributed by atoms with van der Waals surface area (Å²) in [5.41, 5.74) is 28.0. The number of hydrogen-bond acceptors (Lipinski definition) is 13. The average Bonchev–Trinajstić information content (AvgIpc) is 3.23. The third-order valence-corrected chi connectivity index (χ3v) is 10.2. The fourth-order valence-corrected chi connectivity index (χ4v) is 7.04. The second-order valence-electron chi connectivity index (χ2n) is 14.5. The van der Waals surface area contributed by atoms with Crippen molar-refractivity contribution < 1.29 is 14.7 Å². The molecule has 0 bridgehead atoms. The Balaban J connectivity index is 0.000000201. The molecule has 0 atom stereocenters. The molecule has 0 saturated heterocycles. The summed E-state index contributed by atoms with van der Waals surface area (Å²) >= 11 is 12.0. The highest BCUT2D eigenvalue weighted by molar-refractivity contribution is 6.31. The number of anilines is 2. The van der Waals surface area contributed by atoms with Crippen LogP contribution in [0.25, 0.3) is 21.8 Å². The van der Waals surface area contributed by atoms with Crippen LogP contribution >= 0.6 is 23.2 Å². The Morgan fingerprint density at radius 2 is 1.06 bits per heavy atom. The van der Waals surface area contributed by atoms with E-state index in [1.807, 2.05) is 58.0 Å². The molecule has 328 valence electrons. The number of fused-ring (bicyclic) bond motifs is 2. The molecule has 8 aromatic rings. The number of aryl methyl sites for hydroxylation is 4. The van der Waals surface area contributed by atoms with E-state index in [0.29, 0.717) is 58.9 Å². The number of pyridine rings is 8. The molecule has 1 amide bonds. The Morgan fingerprint density at radius 1 is 0.609 bits per heavy atom. The second-order valence-corrected chi connectivity index (χ2v) is 15.4. The first kappa shape index (κ1) is 47.8. The summed E-state index contributed by atoms with van der Waals surface area (Å²) in [7, 11) is 0. The van der Waals surface area contributed by atoms with Gasteiger partial charge in [-0.15, -0.1) is 0 Å². The number of nitrogens with zero attached hydrogens (tertiary/aromatic N) is 8. The number of nitrogens with two attached hydrogens (primary N) is 3. The molecule has 0 unspecified atom stereocenters. The smallest absolute Gasteiger partial charge is 0.335 e. The molecule has 17 heteroatoms. The lowest BCUT2D eigenvalue weighted by Gasteiger charge is -2.12. The monoisotopic (exact) mass is 898 g/mol. The Morgan fingerprint density at radius 3 is 1.53 bits per heavy atom. The van der Waals surface area contributed by atoms with Crippen LogP contribution in [-0.2, 0) is 25.9 Å². The van der Waals surface area contributed by atoms with E-state index in [1.165, 1.54) is 12.3 Å². The summed E-state index contributed by atoms with van der Waals surface area (Å²) in [4.78, 5) is 57.8. The first-order chi connectivity index (χ1) is 30.1. The number of nitrogens with one attached hydrogen (secondary N) is 1. The molecule has 0 aromatic carbocycles. The highest BCUT2D eigenvalue weighted by Gasteiger charge is 2.12. The molecule has 64 heavy (non-hydrogen) atoms. The molecule has 0 aliphatic heterocycles. The number of aromatic carboxylic acids is 1. The molecule has 0 aliphatic carbocycles. The van der Waals surface area contributed by atoms with Gasteiger partial charge in [0.2, 0.25) is 0 Å². The van der Waals surface area contributed by atoms with Crippen molar-refractivity contribution in [1.82, 2.24) is 45.2 Å². The standard InChI is InChI=1S/C23H21ClN6O.C15H10ClN3O2.C8H13N3.CH4/c1-13-5-22(25)30-14(2)20(13)11-29-23(31)15-3-4-26-18(7-15)9-19-8-16-6-17(24)10-28-21(16)12-27-19;16-11-3-10-5-13(18-8-14(10)19-7-11)6-12-4-9(15(20)21)1-2-17-12;1-5-3-8(10)11-6(2)7(5)4-9;/h3-8,10,12H,9,11H2,1-2H3,(H2,25,30)(H,29,31);1-5,7-8H,6H2,(H,20,21);3H,4,9H2,1-2H3,(H2,10,11);1H4. The SMILES string of the molecule is C.Cc1cc(N)nc(C)c1CN.Cc1cc(N)nc(C)c1CNC(=O)c1ccnc(Cc2cc3cc(Cl)cnc3cn2)c1.O=C(O)c1ccnc(Cc2cc3cc(Cl)cnc3cn2)c1. The van der Waals surface area contributed by atoms with E-state index in [-0.39, 0.29) is 18.9 Å². The van der Waals surface area contributed by atoms with Gasteiger partial charge in [-0.05, 0) is 111 Å². The third-order valence-electron chi connectivity index (χ3n) is 9.83. The van der Waals surface area contributed by atoms with E-state index in [1.54, 1.807) is 55.2 Å². The van der Waals surface area contributed by atoms with Crippen LogP contribution in [0.3, 0.4) is 0 Å². The number of hydrogen-bond donors (Lipinski definition) is 5. The number of carbonyl (C=O) groups is 2. The van der Waals surface area contributed by atoms with Crippen molar-refractivity contribution in [2.75, 3.05) is 11.5 Å². The number of aromatic nitrogens is 8. The van der Waals surface area contributed by atoms with Crippen LogP contribution in [-0.4, -0.2) is 56.9 Å². The van der Waals surface area contributed by atoms with Gasteiger partial charge in [-0.3, -0.25) is 34.7 Å². The minimum absolute atomic E-state index is 0. The Bertz CT molecular complexity index is 2920. The number of halogens is 2. The van der Waals surface area contributed by atoms with Gasteiger partial charge in [0.25, 0.3) is 5.91 Å². The van der Waals surface area contributed by atoms with Crippen LogP contribution in [0.1, 0.15) is 84.6 Å². The van der Waals surface area contributed by atoms with Crippen molar-refractivity contribution in [3.8, 4) is 0 Å². The zero-order valence-electron chi connectivity index (χ0n) is 34.9. The predicted octanol–water partition coefficient (Wildman–Crippen LogP) is 8.14. The number of nitrogen functional groups attached to an aromatic ring is 2. The van der Waals surface area contributed by atoms with Crippen LogP contribution in [0.2, 0.25) is 10.0 Å². The van der Waals surface area contributed by atoms with Crippen molar-refractivity contribution >= 4 is 68.5 Å². The molecule has 8 rings (SSSR count). The van der Waals surface area contributed by atoms with Crippen molar-refractivity contribution in [1.29, 1.82) is 0 Å². The van der Waals surface area contributed by atoms with Crippen LogP contribution < -0.4 is 22.5 Å². The largest absolute Gasteiger partial charge is 0.478 e. The fourth-order valence-electron chi connectivity index (χ4n) is 6.71. The van der Waals surface area contributed by atoms with E-state index >= 15 is 0 Å². The maximum Gasteiger partial charge on any atom is 0.335 e. The molecule has 15 nitrogen and oxygen atoms in total. The summed E-state index contributed by atoms with van der Waals surface area (Å²) in [6.07, 6.45) is 10.6. The lowest BCUT2D eigenvalue weighted by Crippen LogP contribution is -2.24. The average molecular weight is 900 g/mol. The number of carbonyl (C=O) groups excluding carboxylic acids is 1. The summed E-state index contributed by atoms with van der Waals surface area (Å²) in [6.45, 7) is 8.66. The predicted molar refractivity (Wildman–Crippen MR) is 252 cm³/mol. The molecule has 0 spiro atoms. The van der Waals surface area contributed by atoms with Gasteiger partial charge >= 0.3 is 5.97 Å². The number of amides is 1. The molecule has 0 fully saturated rings. The zero-order chi connectivity index (χ0) is 45.2. The molecular weight excluding hydrogens is 852 g/mol. The van der Waals surface area contributed by atoms with Crippen molar-refractivity contribution in [3.63, 3.8) is 0 Å². The first-order valence-electron chi connectivity index (χ1n) is 19.5. The molecule has 8 heterocycles. The Kier molecular flexibility index (Phi) is 16.2. The van der Waals surface area contributed by atoms with E-state index in [2.05, 4.69) is 45.2 Å². The van der Waals surface area contributed by atoms with E-state index in [0.717, 1.165) is 72.5 Å². The number of carboxylic acids is 1. The Hall–Kier alpha value is -7.20. The number of carboxylic acid groups (broad SMARTS) is 1. The van der Waals surface area contributed by atoms with Gasteiger partial charge in [0, 0.05) is 101 Å². The van der Waals surface area contributed by atoms with Crippen LogP contribution in [0.4, 0.5) is 11.6 Å². The van der Waals surface area contributed by atoms with Gasteiger partial charge in [-0.25, -0.2) is 14.8 Å².